The molecule has 0 saturated carbocycles. The number of rotatable bonds is 4. The Hall–Kier alpha value is -2.70. The van der Waals surface area contributed by atoms with Gasteiger partial charge in [0.05, 0.1) is 4.90 Å². The summed E-state index contributed by atoms with van der Waals surface area (Å²) in [4.78, 5) is 14.8. The molecule has 1 aliphatic rings. The number of sulfonamides is 1. The lowest BCUT2D eigenvalue weighted by Crippen LogP contribution is -2.43. The van der Waals surface area contributed by atoms with Crippen molar-refractivity contribution < 1.29 is 13.2 Å². The molecule has 4 rings (SSSR count). The zero-order valence-corrected chi connectivity index (χ0v) is 17.2. The van der Waals surface area contributed by atoms with Gasteiger partial charge in [-0.15, -0.1) is 0 Å². The van der Waals surface area contributed by atoms with Crippen molar-refractivity contribution in [2.75, 3.05) is 25.0 Å². The molecule has 29 heavy (non-hydrogen) atoms. The number of carbonyl (C=O) groups excluding carboxylic acids is 1. The molecule has 0 unspecified atom stereocenters. The van der Waals surface area contributed by atoms with Gasteiger partial charge in [-0.25, -0.2) is 8.42 Å². The Bertz CT molecular complexity index is 1120. The van der Waals surface area contributed by atoms with Crippen LogP contribution in [0.15, 0.2) is 77.7 Å². The largest absolute Gasteiger partial charge is 0.315 e. The Balaban J connectivity index is 1.46. The summed E-state index contributed by atoms with van der Waals surface area (Å²) in [6.45, 7) is 0.711. The molecule has 0 N–H and O–H groups in total. The first-order valence-corrected chi connectivity index (χ1v) is 11.2. The zero-order chi connectivity index (χ0) is 20.4. The molecule has 6 heteroatoms. The van der Waals surface area contributed by atoms with Crippen molar-refractivity contribution >= 4 is 32.4 Å². The highest BCUT2D eigenvalue weighted by Gasteiger charge is 2.33. The fourth-order valence-electron chi connectivity index (χ4n) is 3.87. The maximum Gasteiger partial charge on any atom is 0.243 e. The van der Waals surface area contributed by atoms with Gasteiger partial charge in [-0.05, 0) is 47.9 Å². The van der Waals surface area contributed by atoms with Crippen molar-refractivity contribution in [1.29, 1.82) is 0 Å². The second-order valence-corrected chi connectivity index (χ2v) is 9.36. The topological polar surface area (TPSA) is 57.7 Å². The number of benzene rings is 3. The van der Waals surface area contributed by atoms with Gasteiger partial charge in [0, 0.05) is 31.7 Å². The predicted octanol–water partition coefficient (Wildman–Crippen LogP) is 3.90. The third-order valence-electron chi connectivity index (χ3n) is 5.64. The monoisotopic (exact) mass is 408 g/mol. The lowest BCUT2D eigenvalue weighted by Gasteiger charge is -2.32. The molecule has 1 heterocycles. The van der Waals surface area contributed by atoms with Crippen molar-refractivity contribution in [3.05, 3.63) is 72.8 Å². The van der Waals surface area contributed by atoms with Gasteiger partial charge < -0.3 is 4.90 Å². The Labute approximate surface area is 171 Å². The van der Waals surface area contributed by atoms with E-state index in [2.05, 4.69) is 0 Å². The third kappa shape index (κ3) is 3.91. The summed E-state index contributed by atoms with van der Waals surface area (Å²) in [5, 5.41) is 1.92. The van der Waals surface area contributed by atoms with E-state index in [1.807, 2.05) is 60.7 Å². The summed E-state index contributed by atoms with van der Waals surface area (Å²) in [7, 11) is -1.79. The van der Waals surface area contributed by atoms with E-state index in [0.29, 0.717) is 30.8 Å². The summed E-state index contributed by atoms with van der Waals surface area (Å²) in [5.41, 5.74) is 0.851. The summed E-state index contributed by atoms with van der Waals surface area (Å²) < 4.78 is 27.7. The number of amides is 1. The average Bonchev–Trinajstić information content (AvgIpc) is 2.78. The number of nitrogens with zero attached hydrogens (tertiary/aromatic N) is 2. The molecule has 0 radical (unpaired) electrons. The van der Waals surface area contributed by atoms with Gasteiger partial charge in [-0.2, -0.15) is 4.31 Å². The van der Waals surface area contributed by atoms with Gasteiger partial charge in [0.25, 0.3) is 0 Å². The lowest BCUT2D eigenvalue weighted by atomic mass is 9.96. The van der Waals surface area contributed by atoms with Crippen LogP contribution in [0.25, 0.3) is 10.8 Å². The van der Waals surface area contributed by atoms with Gasteiger partial charge in [0.15, 0.2) is 0 Å². The Morgan fingerprint density at radius 2 is 1.52 bits per heavy atom. The van der Waals surface area contributed by atoms with E-state index in [4.69, 9.17) is 0 Å². The highest BCUT2D eigenvalue weighted by Crippen LogP contribution is 2.28. The van der Waals surface area contributed by atoms with Crippen molar-refractivity contribution in [1.82, 2.24) is 4.31 Å². The van der Waals surface area contributed by atoms with Crippen LogP contribution in [0.5, 0.6) is 0 Å². The molecule has 0 bridgehead atoms. The van der Waals surface area contributed by atoms with E-state index in [0.717, 1.165) is 16.5 Å². The molecule has 5 nitrogen and oxygen atoms in total. The second-order valence-electron chi connectivity index (χ2n) is 7.42. The number of carbonyl (C=O) groups is 1. The minimum absolute atomic E-state index is 0.0407. The summed E-state index contributed by atoms with van der Waals surface area (Å²) >= 11 is 0. The van der Waals surface area contributed by atoms with Crippen LogP contribution in [-0.4, -0.2) is 38.8 Å². The fraction of sp³-hybridized carbons (Fsp3) is 0.261. The van der Waals surface area contributed by atoms with Gasteiger partial charge in [0.2, 0.25) is 15.9 Å². The molecule has 0 spiro atoms. The Kier molecular flexibility index (Phi) is 5.39. The molecule has 150 valence electrons. The first kappa shape index (κ1) is 19.6. The van der Waals surface area contributed by atoms with E-state index < -0.39 is 10.0 Å². The summed E-state index contributed by atoms with van der Waals surface area (Å²) in [6, 6.07) is 22.5. The molecule has 1 saturated heterocycles. The van der Waals surface area contributed by atoms with E-state index >= 15 is 0 Å². The molecule has 1 aliphatic heterocycles. The van der Waals surface area contributed by atoms with E-state index in [9.17, 15) is 13.2 Å². The van der Waals surface area contributed by atoms with E-state index in [1.54, 1.807) is 24.1 Å². The SMILES string of the molecule is CN(C(=O)C1CCN(S(=O)(=O)c2ccc3ccccc3c2)CC1)c1ccccc1. The van der Waals surface area contributed by atoms with Gasteiger partial charge in [-0.3, -0.25) is 4.79 Å². The van der Waals surface area contributed by atoms with Crippen LogP contribution in [0.3, 0.4) is 0 Å². The van der Waals surface area contributed by atoms with Crippen LogP contribution in [-0.2, 0) is 14.8 Å². The number of hydrogen-bond acceptors (Lipinski definition) is 3. The third-order valence-corrected chi connectivity index (χ3v) is 7.53. The number of anilines is 1. The first-order valence-electron chi connectivity index (χ1n) is 9.78. The first-order chi connectivity index (χ1) is 14.0. The molecular weight excluding hydrogens is 384 g/mol. The maximum atomic E-state index is 13.1. The van der Waals surface area contributed by atoms with Crippen LogP contribution < -0.4 is 4.90 Å². The van der Waals surface area contributed by atoms with Crippen LogP contribution in [0.1, 0.15) is 12.8 Å². The molecule has 0 aromatic heterocycles. The molecule has 3 aromatic carbocycles. The predicted molar refractivity (Wildman–Crippen MR) is 115 cm³/mol. The molecule has 0 atom stereocenters. The van der Waals surface area contributed by atoms with E-state index in [-0.39, 0.29) is 11.8 Å². The van der Waals surface area contributed by atoms with Crippen molar-refractivity contribution in [3.63, 3.8) is 0 Å². The summed E-state index contributed by atoms with van der Waals surface area (Å²) in [6.07, 6.45) is 1.06. The molecule has 1 amide bonds. The minimum Gasteiger partial charge on any atom is -0.315 e. The quantitative estimate of drug-likeness (QED) is 0.658. The highest BCUT2D eigenvalue weighted by atomic mass is 32.2. The highest BCUT2D eigenvalue weighted by molar-refractivity contribution is 7.89. The Morgan fingerprint density at radius 3 is 2.21 bits per heavy atom. The summed E-state index contributed by atoms with van der Waals surface area (Å²) in [5.74, 6) is -0.123. The zero-order valence-electron chi connectivity index (χ0n) is 16.4. The minimum atomic E-state index is -3.57. The molecule has 1 fully saturated rings. The smallest absolute Gasteiger partial charge is 0.243 e. The van der Waals surface area contributed by atoms with Crippen LogP contribution in [0.4, 0.5) is 5.69 Å². The van der Waals surface area contributed by atoms with Crippen molar-refractivity contribution in [2.45, 2.75) is 17.7 Å². The van der Waals surface area contributed by atoms with Gasteiger partial charge in [0.1, 0.15) is 0 Å². The van der Waals surface area contributed by atoms with Crippen molar-refractivity contribution in [2.24, 2.45) is 5.92 Å². The number of piperidine rings is 1. The Morgan fingerprint density at radius 1 is 0.897 bits per heavy atom. The number of fused-ring (bicyclic) bond motifs is 1. The normalized spacial score (nSPS) is 16.0. The average molecular weight is 409 g/mol. The van der Waals surface area contributed by atoms with Crippen molar-refractivity contribution in [3.8, 4) is 0 Å². The standard InChI is InChI=1S/C23H24N2O3S/c1-24(21-9-3-2-4-10-21)23(26)19-13-15-25(16-14-19)29(27,28)22-12-11-18-7-5-6-8-20(18)17-22/h2-12,17,19H,13-16H2,1H3. The number of para-hydroxylation sites is 1. The van der Waals surface area contributed by atoms with Crippen LogP contribution >= 0.6 is 0 Å². The molecular formula is C23H24N2O3S. The molecule has 0 aliphatic carbocycles. The maximum absolute atomic E-state index is 13.1. The van der Waals surface area contributed by atoms with Crippen LogP contribution in [0, 0.1) is 5.92 Å². The lowest BCUT2D eigenvalue weighted by molar-refractivity contribution is -0.123. The fourth-order valence-corrected chi connectivity index (χ4v) is 5.38. The van der Waals surface area contributed by atoms with Gasteiger partial charge >= 0.3 is 0 Å². The number of hydrogen-bond donors (Lipinski definition) is 0. The van der Waals surface area contributed by atoms with Crippen LogP contribution in [0.2, 0.25) is 0 Å². The molecule has 3 aromatic rings. The van der Waals surface area contributed by atoms with Gasteiger partial charge in [-0.1, -0.05) is 48.5 Å². The van der Waals surface area contributed by atoms with E-state index in [1.165, 1.54) is 4.31 Å². The second kappa shape index (κ2) is 7.97.